The van der Waals surface area contributed by atoms with Crippen molar-refractivity contribution in [2.45, 2.75) is 12.8 Å². The molecule has 2 saturated heterocycles. The monoisotopic (exact) mass is 259 g/mol. The van der Waals surface area contributed by atoms with Gasteiger partial charge in [-0.25, -0.2) is 0 Å². The smallest absolute Gasteiger partial charge is 0.298 e. The molecule has 2 fully saturated rings. The van der Waals surface area contributed by atoms with Crippen LogP contribution in [-0.4, -0.2) is 31.3 Å². The molecular formula is C14H17N3O2. The van der Waals surface area contributed by atoms with Crippen LogP contribution in [0.15, 0.2) is 22.6 Å². The summed E-state index contributed by atoms with van der Waals surface area (Å²) in [5.74, 6) is 0. The molecule has 0 atom stereocenters. The van der Waals surface area contributed by atoms with Gasteiger partial charge in [-0.2, -0.15) is 4.98 Å². The lowest BCUT2D eigenvalue weighted by molar-refractivity contribution is -0.00173. The predicted molar refractivity (Wildman–Crippen MR) is 73.1 cm³/mol. The lowest BCUT2D eigenvalue weighted by Gasteiger charge is -2.51. The van der Waals surface area contributed by atoms with E-state index < -0.39 is 0 Å². The fraction of sp³-hybridized carbons (Fsp3) is 0.500. The van der Waals surface area contributed by atoms with Crippen molar-refractivity contribution in [1.29, 1.82) is 0 Å². The molecule has 5 nitrogen and oxygen atoms in total. The molecule has 100 valence electrons. The number of fused-ring (bicyclic) bond motifs is 1. The molecule has 1 aromatic heterocycles. The van der Waals surface area contributed by atoms with Crippen LogP contribution >= 0.6 is 0 Å². The number of hydrogen-bond donors (Lipinski definition) is 1. The molecular weight excluding hydrogens is 242 g/mol. The zero-order chi connectivity index (χ0) is 12.9. The molecule has 1 spiro atoms. The molecule has 2 N–H and O–H groups in total. The number of nitrogens with zero attached hydrogens (tertiary/aromatic N) is 2. The number of nitrogens with two attached hydrogens (primary N) is 1. The Kier molecular flexibility index (Phi) is 2.26. The maximum atomic E-state index is 5.79. The maximum absolute atomic E-state index is 5.79. The van der Waals surface area contributed by atoms with Crippen molar-refractivity contribution in [3.8, 4) is 0 Å². The highest BCUT2D eigenvalue weighted by atomic mass is 16.5. The summed E-state index contributed by atoms with van der Waals surface area (Å²) in [7, 11) is 0. The second-order valence-corrected chi connectivity index (χ2v) is 5.69. The average molecular weight is 259 g/mol. The predicted octanol–water partition coefficient (Wildman–Crippen LogP) is 2.03. The largest absolute Gasteiger partial charge is 0.423 e. The fourth-order valence-corrected chi connectivity index (χ4v) is 3.09. The third-order valence-electron chi connectivity index (χ3n) is 4.28. The molecule has 5 heteroatoms. The van der Waals surface area contributed by atoms with Crippen molar-refractivity contribution in [3.05, 3.63) is 18.2 Å². The summed E-state index contributed by atoms with van der Waals surface area (Å²) in [6.45, 7) is 3.83. The number of ether oxygens (including phenoxy) is 1. The van der Waals surface area contributed by atoms with Crippen LogP contribution < -0.4 is 10.6 Å². The van der Waals surface area contributed by atoms with Crippen molar-refractivity contribution in [2.75, 3.05) is 36.9 Å². The first-order chi connectivity index (χ1) is 9.24. The van der Waals surface area contributed by atoms with Gasteiger partial charge in [0.25, 0.3) is 6.01 Å². The molecule has 4 rings (SSSR count). The van der Waals surface area contributed by atoms with E-state index >= 15 is 0 Å². The van der Waals surface area contributed by atoms with Gasteiger partial charge < -0.3 is 19.8 Å². The highest BCUT2D eigenvalue weighted by Gasteiger charge is 2.45. The first-order valence-electron chi connectivity index (χ1n) is 6.73. The minimum Gasteiger partial charge on any atom is -0.423 e. The quantitative estimate of drug-likeness (QED) is 0.794. The third kappa shape index (κ3) is 1.76. The number of aromatic nitrogens is 1. The zero-order valence-electron chi connectivity index (χ0n) is 10.8. The maximum Gasteiger partial charge on any atom is 0.298 e. The van der Waals surface area contributed by atoms with Crippen LogP contribution in [0.25, 0.3) is 11.1 Å². The first kappa shape index (κ1) is 11.1. The molecule has 1 aromatic carbocycles. The lowest BCUT2D eigenvalue weighted by Crippen LogP contribution is -2.58. The van der Waals surface area contributed by atoms with Crippen LogP contribution in [0.5, 0.6) is 0 Å². The molecule has 0 saturated carbocycles. The van der Waals surface area contributed by atoms with Gasteiger partial charge in [0, 0.05) is 37.4 Å². The van der Waals surface area contributed by atoms with Gasteiger partial charge in [0.15, 0.2) is 5.58 Å². The van der Waals surface area contributed by atoms with Crippen molar-refractivity contribution in [1.82, 2.24) is 4.98 Å². The Hall–Kier alpha value is -1.75. The van der Waals surface area contributed by atoms with Crippen molar-refractivity contribution < 1.29 is 9.15 Å². The van der Waals surface area contributed by atoms with E-state index in [9.17, 15) is 0 Å². The highest BCUT2D eigenvalue weighted by molar-refractivity contribution is 5.78. The average Bonchev–Trinajstić information content (AvgIpc) is 2.79. The third-order valence-corrected chi connectivity index (χ3v) is 4.28. The lowest BCUT2D eigenvalue weighted by atomic mass is 9.74. The van der Waals surface area contributed by atoms with Gasteiger partial charge in [-0.15, -0.1) is 0 Å². The standard InChI is InChI=1S/C14H17N3O2/c15-10-1-2-12-11(7-10)16-13(19-12)17-8-14(9-17)3-5-18-6-4-14/h1-2,7H,3-6,8-9,15H2. The molecule has 0 unspecified atom stereocenters. The zero-order valence-corrected chi connectivity index (χ0v) is 10.8. The van der Waals surface area contributed by atoms with E-state index in [1.807, 2.05) is 18.2 Å². The van der Waals surface area contributed by atoms with Crippen LogP contribution in [0, 0.1) is 5.41 Å². The Morgan fingerprint density at radius 3 is 2.79 bits per heavy atom. The Bertz CT molecular complexity index is 608. The summed E-state index contributed by atoms with van der Waals surface area (Å²) in [6.07, 6.45) is 2.30. The SMILES string of the molecule is Nc1ccc2oc(N3CC4(CCOCC4)C3)nc2c1. The van der Waals surface area contributed by atoms with Gasteiger partial charge in [0.05, 0.1) is 0 Å². The van der Waals surface area contributed by atoms with Crippen LogP contribution in [-0.2, 0) is 4.74 Å². The normalized spacial score (nSPS) is 21.8. The van der Waals surface area contributed by atoms with Crippen molar-refractivity contribution in [3.63, 3.8) is 0 Å². The number of benzene rings is 1. The Morgan fingerprint density at radius 2 is 2.00 bits per heavy atom. The number of anilines is 2. The molecule has 3 heterocycles. The van der Waals surface area contributed by atoms with Crippen molar-refractivity contribution in [2.24, 2.45) is 5.41 Å². The molecule has 0 radical (unpaired) electrons. The molecule has 0 amide bonds. The Morgan fingerprint density at radius 1 is 1.21 bits per heavy atom. The van der Waals surface area contributed by atoms with Crippen LogP contribution in [0.1, 0.15) is 12.8 Å². The number of rotatable bonds is 1. The van der Waals surface area contributed by atoms with Gasteiger partial charge in [0.2, 0.25) is 0 Å². The van der Waals surface area contributed by atoms with E-state index in [1.165, 1.54) is 0 Å². The number of nitrogen functional groups attached to an aromatic ring is 1. The molecule has 0 aliphatic carbocycles. The van der Waals surface area contributed by atoms with Gasteiger partial charge in [-0.3, -0.25) is 0 Å². The summed E-state index contributed by atoms with van der Waals surface area (Å²) < 4.78 is 11.2. The van der Waals surface area contributed by atoms with E-state index in [1.54, 1.807) is 0 Å². The van der Waals surface area contributed by atoms with Gasteiger partial charge in [-0.05, 0) is 31.0 Å². The fourth-order valence-electron chi connectivity index (χ4n) is 3.09. The second-order valence-electron chi connectivity index (χ2n) is 5.69. The van der Waals surface area contributed by atoms with Crippen LogP contribution in [0.2, 0.25) is 0 Å². The van der Waals surface area contributed by atoms with Crippen LogP contribution in [0.3, 0.4) is 0 Å². The Labute approximate surface area is 111 Å². The van der Waals surface area contributed by atoms with E-state index in [0.29, 0.717) is 5.41 Å². The Balaban J connectivity index is 1.56. The van der Waals surface area contributed by atoms with E-state index in [0.717, 1.165) is 61.9 Å². The summed E-state index contributed by atoms with van der Waals surface area (Å²) in [4.78, 5) is 6.73. The second kappa shape index (κ2) is 3.87. The van der Waals surface area contributed by atoms with Crippen molar-refractivity contribution >= 4 is 22.8 Å². The molecule has 0 bridgehead atoms. The van der Waals surface area contributed by atoms with E-state index in [-0.39, 0.29) is 0 Å². The minimum absolute atomic E-state index is 0.429. The van der Waals surface area contributed by atoms with E-state index in [2.05, 4.69) is 9.88 Å². The summed E-state index contributed by atoms with van der Waals surface area (Å²) in [5.41, 5.74) is 8.55. The molecule has 19 heavy (non-hydrogen) atoms. The van der Waals surface area contributed by atoms with Gasteiger partial charge >= 0.3 is 0 Å². The number of hydrogen-bond acceptors (Lipinski definition) is 5. The first-order valence-corrected chi connectivity index (χ1v) is 6.73. The van der Waals surface area contributed by atoms with Gasteiger partial charge in [-0.1, -0.05) is 0 Å². The summed E-state index contributed by atoms with van der Waals surface area (Å²) in [5, 5.41) is 0. The summed E-state index contributed by atoms with van der Waals surface area (Å²) in [6, 6.07) is 6.29. The van der Waals surface area contributed by atoms with Gasteiger partial charge in [0.1, 0.15) is 5.52 Å². The van der Waals surface area contributed by atoms with Crippen LogP contribution in [0.4, 0.5) is 11.7 Å². The molecule has 2 aromatic rings. The molecule has 2 aliphatic rings. The number of oxazole rings is 1. The minimum atomic E-state index is 0.429. The summed E-state index contributed by atoms with van der Waals surface area (Å²) >= 11 is 0. The highest BCUT2D eigenvalue weighted by Crippen LogP contribution is 2.42. The topological polar surface area (TPSA) is 64.5 Å². The molecule has 2 aliphatic heterocycles. The van der Waals surface area contributed by atoms with E-state index in [4.69, 9.17) is 14.9 Å².